The molecule has 1 heterocycles. The van der Waals surface area contributed by atoms with Gasteiger partial charge in [0.2, 0.25) is 0 Å². The molecule has 1 heteroatoms. The maximum atomic E-state index is 3.63. The van der Waals surface area contributed by atoms with Crippen molar-refractivity contribution in [3.63, 3.8) is 0 Å². The lowest BCUT2D eigenvalue weighted by molar-refractivity contribution is 0.0783. The summed E-state index contributed by atoms with van der Waals surface area (Å²) in [7, 11) is 0. The second kappa shape index (κ2) is 5.66. The van der Waals surface area contributed by atoms with Crippen molar-refractivity contribution in [2.45, 2.75) is 51.4 Å². The standard InChI is InChI=1S/C18H27N/c1-2-15-8-10-18(11-9-15)12-13-19-14-17(18)16-6-4-3-5-7-16/h3-7,15,17,19H,2,8-14H2,1H3. The normalized spacial score (nSPS) is 35.4. The van der Waals surface area contributed by atoms with Crippen LogP contribution in [0.15, 0.2) is 30.3 Å². The third-order valence-corrected chi connectivity index (χ3v) is 5.77. The van der Waals surface area contributed by atoms with E-state index in [2.05, 4.69) is 42.6 Å². The van der Waals surface area contributed by atoms with Crippen molar-refractivity contribution in [2.75, 3.05) is 13.1 Å². The molecule has 104 valence electrons. The molecule has 0 aromatic heterocycles. The Hall–Kier alpha value is -0.820. The van der Waals surface area contributed by atoms with Crippen LogP contribution in [0.25, 0.3) is 0 Å². The van der Waals surface area contributed by atoms with Crippen LogP contribution >= 0.6 is 0 Å². The third-order valence-electron chi connectivity index (χ3n) is 5.77. The molecule has 1 saturated heterocycles. The van der Waals surface area contributed by atoms with E-state index < -0.39 is 0 Å². The Kier molecular flexibility index (Phi) is 3.93. The molecule has 19 heavy (non-hydrogen) atoms. The van der Waals surface area contributed by atoms with Crippen molar-refractivity contribution in [3.05, 3.63) is 35.9 Å². The summed E-state index contributed by atoms with van der Waals surface area (Å²) in [6.45, 7) is 4.76. The van der Waals surface area contributed by atoms with Crippen LogP contribution in [0.4, 0.5) is 0 Å². The topological polar surface area (TPSA) is 12.0 Å². The molecular weight excluding hydrogens is 230 g/mol. The molecule has 0 amide bonds. The van der Waals surface area contributed by atoms with Gasteiger partial charge in [-0.15, -0.1) is 0 Å². The van der Waals surface area contributed by atoms with E-state index in [0.717, 1.165) is 11.8 Å². The van der Waals surface area contributed by atoms with Crippen LogP contribution in [0, 0.1) is 11.3 Å². The number of piperidine rings is 1. The highest BCUT2D eigenvalue weighted by Crippen LogP contribution is 2.52. The van der Waals surface area contributed by atoms with Crippen LogP contribution in [-0.2, 0) is 0 Å². The first-order valence-electron chi connectivity index (χ1n) is 8.10. The van der Waals surface area contributed by atoms with Gasteiger partial charge >= 0.3 is 0 Å². The highest BCUT2D eigenvalue weighted by Gasteiger charge is 2.43. The first-order valence-corrected chi connectivity index (χ1v) is 8.10. The minimum atomic E-state index is 0.596. The van der Waals surface area contributed by atoms with E-state index >= 15 is 0 Å². The van der Waals surface area contributed by atoms with E-state index in [1.807, 2.05) is 0 Å². The minimum absolute atomic E-state index is 0.596. The zero-order valence-corrected chi connectivity index (χ0v) is 12.2. The van der Waals surface area contributed by atoms with E-state index in [0.29, 0.717) is 5.41 Å². The third kappa shape index (κ3) is 2.58. The Morgan fingerprint density at radius 1 is 1.11 bits per heavy atom. The summed E-state index contributed by atoms with van der Waals surface area (Å²) in [6, 6.07) is 11.2. The van der Waals surface area contributed by atoms with Gasteiger partial charge in [0.05, 0.1) is 0 Å². The number of hydrogen-bond acceptors (Lipinski definition) is 1. The van der Waals surface area contributed by atoms with E-state index in [-0.39, 0.29) is 0 Å². The van der Waals surface area contributed by atoms with Crippen LogP contribution in [0.5, 0.6) is 0 Å². The van der Waals surface area contributed by atoms with Crippen LogP contribution in [0.3, 0.4) is 0 Å². The SMILES string of the molecule is CCC1CCC2(CCNCC2c2ccccc2)CC1. The fraction of sp³-hybridized carbons (Fsp3) is 0.667. The molecular formula is C18H27N. The van der Waals surface area contributed by atoms with Gasteiger partial charge in [0.25, 0.3) is 0 Å². The predicted octanol–water partition coefficient (Wildman–Crippen LogP) is 4.35. The van der Waals surface area contributed by atoms with Crippen molar-refractivity contribution in [1.29, 1.82) is 0 Å². The second-order valence-electron chi connectivity index (χ2n) is 6.63. The zero-order chi connectivity index (χ0) is 13.1. The molecule has 1 aliphatic carbocycles. The summed E-state index contributed by atoms with van der Waals surface area (Å²) in [5.41, 5.74) is 2.16. The summed E-state index contributed by atoms with van der Waals surface area (Å²) in [5, 5.41) is 3.63. The molecule has 3 rings (SSSR count). The number of benzene rings is 1. The molecule has 1 aromatic rings. The lowest BCUT2D eigenvalue weighted by Gasteiger charge is -2.49. The molecule has 2 fully saturated rings. The predicted molar refractivity (Wildman–Crippen MR) is 81.4 cm³/mol. The maximum Gasteiger partial charge on any atom is 0.00255 e. The minimum Gasteiger partial charge on any atom is -0.316 e. The Bertz CT molecular complexity index is 389. The van der Waals surface area contributed by atoms with Crippen LogP contribution in [0.1, 0.15) is 56.9 Å². The first kappa shape index (κ1) is 13.2. The summed E-state index contributed by atoms with van der Waals surface area (Å²) >= 11 is 0. The summed E-state index contributed by atoms with van der Waals surface area (Å²) < 4.78 is 0. The van der Waals surface area contributed by atoms with Crippen molar-refractivity contribution in [3.8, 4) is 0 Å². The Balaban J connectivity index is 1.82. The summed E-state index contributed by atoms with van der Waals surface area (Å²) in [4.78, 5) is 0. The number of hydrogen-bond donors (Lipinski definition) is 1. The van der Waals surface area contributed by atoms with Gasteiger partial charge in [0, 0.05) is 12.5 Å². The van der Waals surface area contributed by atoms with Gasteiger partial charge in [-0.05, 0) is 55.5 Å². The largest absolute Gasteiger partial charge is 0.316 e. The average molecular weight is 257 g/mol. The molecule has 1 unspecified atom stereocenters. The Morgan fingerprint density at radius 3 is 2.53 bits per heavy atom. The fourth-order valence-corrected chi connectivity index (χ4v) is 4.39. The van der Waals surface area contributed by atoms with Crippen molar-refractivity contribution in [1.82, 2.24) is 5.32 Å². The zero-order valence-electron chi connectivity index (χ0n) is 12.2. The molecule has 1 atom stereocenters. The summed E-state index contributed by atoms with van der Waals surface area (Å²) in [5.74, 6) is 1.73. The Labute approximate surface area is 117 Å². The molecule has 1 aliphatic heterocycles. The van der Waals surface area contributed by atoms with E-state index in [4.69, 9.17) is 0 Å². The van der Waals surface area contributed by atoms with Crippen molar-refractivity contribution >= 4 is 0 Å². The molecule has 1 saturated carbocycles. The molecule has 1 nitrogen and oxygen atoms in total. The van der Waals surface area contributed by atoms with Gasteiger partial charge in [-0.25, -0.2) is 0 Å². The number of nitrogens with one attached hydrogen (secondary N) is 1. The highest BCUT2D eigenvalue weighted by molar-refractivity contribution is 5.24. The van der Waals surface area contributed by atoms with Crippen LogP contribution in [0.2, 0.25) is 0 Å². The molecule has 2 aliphatic rings. The molecule has 1 N–H and O–H groups in total. The Morgan fingerprint density at radius 2 is 1.84 bits per heavy atom. The fourth-order valence-electron chi connectivity index (χ4n) is 4.39. The monoisotopic (exact) mass is 257 g/mol. The van der Waals surface area contributed by atoms with Gasteiger partial charge in [-0.1, -0.05) is 43.7 Å². The van der Waals surface area contributed by atoms with Gasteiger partial charge in [-0.2, -0.15) is 0 Å². The molecule has 1 aromatic carbocycles. The molecule has 0 radical (unpaired) electrons. The van der Waals surface area contributed by atoms with E-state index in [1.54, 1.807) is 5.56 Å². The van der Waals surface area contributed by atoms with Gasteiger partial charge in [0.15, 0.2) is 0 Å². The smallest absolute Gasteiger partial charge is 0.00255 e. The lowest BCUT2D eigenvalue weighted by atomic mass is 9.59. The van der Waals surface area contributed by atoms with Gasteiger partial charge in [-0.3, -0.25) is 0 Å². The van der Waals surface area contributed by atoms with E-state index in [1.165, 1.54) is 51.6 Å². The molecule has 0 bridgehead atoms. The van der Waals surface area contributed by atoms with Crippen LogP contribution in [-0.4, -0.2) is 13.1 Å². The lowest BCUT2D eigenvalue weighted by Crippen LogP contribution is -2.45. The first-order chi connectivity index (χ1) is 9.34. The number of rotatable bonds is 2. The highest BCUT2D eigenvalue weighted by atomic mass is 14.9. The van der Waals surface area contributed by atoms with Crippen LogP contribution < -0.4 is 5.32 Å². The van der Waals surface area contributed by atoms with Gasteiger partial charge in [0.1, 0.15) is 0 Å². The van der Waals surface area contributed by atoms with Crippen molar-refractivity contribution in [2.24, 2.45) is 11.3 Å². The quantitative estimate of drug-likeness (QED) is 0.830. The second-order valence-corrected chi connectivity index (χ2v) is 6.63. The van der Waals surface area contributed by atoms with Gasteiger partial charge < -0.3 is 5.32 Å². The van der Waals surface area contributed by atoms with E-state index in [9.17, 15) is 0 Å². The molecule has 1 spiro atoms. The summed E-state index contributed by atoms with van der Waals surface area (Å²) in [6.07, 6.45) is 8.58. The average Bonchev–Trinajstić information content (AvgIpc) is 2.49. The van der Waals surface area contributed by atoms with Crippen molar-refractivity contribution < 1.29 is 0 Å². The maximum absolute atomic E-state index is 3.63.